The monoisotopic (exact) mass is 312 g/mol. The summed E-state index contributed by atoms with van der Waals surface area (Å²) in [5, 5.41) is 11.0. The first-order chi connectivity index (χ1) is 9.85. The lowest BCUT2D eigenvalue weighted by atomic mass is 10.1. The van der Waals surface area contributed by atoms with Gasteiger partial charge in [-0.25, -0.2) is 0 Å². The number of carbonyl (C=O) groups is 2. The number of carbonyl (C=O) groups excluding carboxylic acids is 2. The normalized spacial score (nSPS) is 11.7. The number of nitro benzene ring substituents is 1. The van der Waals surface area contributed by atoms with Crippen LogP contribution >= 0.6 is 11.8 Å². The molecular weight excluding hydrogens is 296 g/mol. The molecule has 1 rings (SSSR count). The van der Waals surface area contributed by atoms with E-state index in [0.29, 0.717) is 11.3 Å². The third kappa shape index (κ3) is 5.07. The molecule has 0 aliphatic carbocycles. The van der Waals surface area contributed by atoms with Gasteiger partial charge in [0.1, 0.15) is 0 Å². The Morgan fingerprint density at radius 2 is 2.14 bits per heavy atom. The van der Waals surface area contributed by atoms with Gasteiger partial charge in [-0.05, 0) is 6.07 Å². The molecule has 1 amide bonds. The first-order valence-electron chi connectivity index (χ1n) is 6.10. The summed E-state index contributed by atoms with van der Waals surface area (Å²) < 4.78 is 4.57. The van der Waals surface area contributed by atoms with E-state index in [1.807, 2.05) is 6.92 Å². The second-order valence-electron chi connectivity index (χ2n) is 4.37. The van der Waals surface area contributed by atoms with Crippen molar-refractivity contribution >= 4 is 29.3 Å². The number of thioether (sulfide) groups is 1. The fraction of sp³-hybridized carbons (Fsp3) is 0.385. The number of methoxy groups -OCH3 is 1. The van der Waals surface area contributed by atoms with Crippen molar-refractivity contribution in [2.24, 2.45) is 5.73 Å². The van der Waals surface area contributed by atoms with Gasteiger partial charge in [0.15, 0.2) is 0 Å². The highest BCUT2D eigenvalue weighted by molar-refractivity contribution is 7.99. The van der Waals surface area contributed by atoms with Crippen LogP contribution in [-0.2, 0) is 15.3 Å². The van der Waals surface area contributed by atoms with E-state index in [0.717, 1.165) is 0 Å². The summed E-state index contributed by atoms with van der Waals surface area (Å²) in [5.74, 6) is -0.682. The number of nitrogens with zero attached hydrogens (tertiary/aromatic N) is 1. The van der Waals surface area contributed by atoms with Gasteiger partial charge in [0.25, 0.3) is 5.69 Å². The topological polar surface area (TPSA) is 113 Å². The van der Waals surface area contributed by atoms with Crippen LogP contribution in [0, 0.1) is 10.1 Å². The van der Waals surface area contributed by atoms with Crippen molar-refractivity contribution in [1.29, 1.82) is 0 Å². The lowest BCUT2D eigenvalue weighted by Crippen LogP contribution is -2.12. The van der Waals surface area contributed by atoms with Crippen molar-refractivity contribution in [2.45, 2.75) is 24.3 Å². The number of hydrogen-bond donors (Lipinski definition) is 1. The first kappa shape index (κ1) is 17.0. The number of nitro groups is 1. The minimum atomic E-state index is -0.712. The summed E-state index contributed by atoms with van der Waals surface area (Å²) in [7, 11) is 1.31. The van der Waals surface area contributed by atoms with Gasteiger partial charge in [-0.1, -0.05) is 13.0 Å². The minimum absolute atomic E-state index is 0.0344. The van der Waals surface area contributed by atoms with Gasteiger partial charge in [-0.2, -0.15) is 11.8 Å². The summed E-state index contributed by atoms with van der Waals surface area (Å²) in [6.45, 7) is 1.84. The summed E-state index contributed by atoms with van der Waals surface area (Å²) in [6.07, 6.45) is 0.230. The fourth-order valence-electron chi connectivity index (χ4n) is 1.62. The molecule has 7 nitrogen and oxygen atoms in total. The highest BCUT2D eigenvalue weighted by atomic mass is 32.2. The number of esters is 1. The van der Waals surface area contributed by atoms with Crippen molar-refractivity contribution in [3.8, 4) is 0 Å². The molecule has 0 saturated heterocycles. The SMILES string of the molecule is COC(=O)CC(C)SCc1ccc(C(N)=O)cc1[N+](=O)[O-]. The Bertz CT molecular complexity index is 561. The van der Waals surface area contributed by atoms with Crippen molar-refractivity contribution in [1.82, 2.24) is 0 Å². The summed E-state index contributed by atoms with van der Waals surface area (Å²) >= 11 is 1.40. The summed E-state index contributed by atoms with van der Waals surface area (Å²) in [6, 6.07) is 4.13. The number of primary amides is 1. The van der Waals surface area contributed by atoms with Gasteiger partial charge in [0, 0.05) is 28.2 Å². The minimum Gasteiger partial charge on any atom is -0.469 e. The first-order valence-corrected chi connectivity index (χ1v) is 7.15. The molecular formula is C13H16N2O5S. The fourth-order valence-corrected chi connectivity index (χ4v) is 2.58. The van der Waals surface area contributed by atoms with Gasteiger partial charge in [-0.15, -0.1) is 0 Å². The number of benzene rings is 1. The molecule has 0 aliphatic heterocycles. The Morgan fingerprint density at radius 3 is 2.67 bits per heavy atom. The molecule has 0 radical (unpaired) electrons. The Hall–Kier alpha value is -2.09. The van der Waals surface area contributed by atoms with Gasteiger partial charge >= 0.3 is 5.97 Å². The number of ether oxygens (including phenoxy) is 1. The Kier molecular flexibility index (Phi) is 6.16. The number of amides is 1. The van der Waals surface area contributed by atoms with Crippen LogP contribution < -0.4 is 5.73 Å². The standard InChI is InChI=1S/C13H16N2O5S/c1-8(5-12(16)20-2)21-7-10-4-3-9(13(14)17)6-11(10)15(18)19/h3-4,6,8H,5,7H2,1-2H3,(H2,14,17). The van der Waals surface area contributed by atoms with Crippen LogP contribution in [0.15, 0.2) is 18.2 Å². The van der Waals surface area contributed by atoms with Crippen LogP contribution in [0.5, 0.6) is 0 Å². The van der Waals surface area contributed by atoms with E-state index in [2.05, 4.69) is 4.74 Å². The van der Waals surface area contributed by atoms with E-state index >= 15 is 0 Å². The van der Waals surface area contributed by atoms with E-state index < -0.39 is 10.8 Å². The molecule has 0 bridgehead atoms. The second-order valence-corrected chi connectivity index (χ2v) is 5.79. The van der Waals surface area contributed by atoms with Crippen molar-refractivity contribution < 1.29 is 19.2 Å². The van der Waals surface area contributed by atoms with Crippen molar-refractivity contribution in [3.63, 3.8) is 0 Å². The zero-order valence-electron chi connectivity index (χ0n) is 11.7. The molecule has 1 aromatic rings. The van der Waals surface area contributed by atoms with Crippen LogP contribution in [0.25, 0.3) is 0 Å². The Balaban J connectivity index is 2.81. The van der Waals surface area contributed by atoms with Crippen LogP contribution in [0.4, 0.5) is 5.69 Å². The highest BCUT2D eigenvalue weighted by Crippen LogP contribution is 2.27. The average Bonchev–Trinajstić information content (AvgIpc) is 2.44. The molecule has 1 atom stereocenters. The molecule has 1 aromatic carbocycles. The molecule has 0 saturated carbocycles. The maximum Gasteiger partial charge on any atom is 0.306 e. The number of nitrogens with two attached hydrogens (primary N) is 1. The van der Waals surface area contributed by atoms with E-state index in [9.17, 15) is 19.7 Å². The van der Waals surface area contributed by atoms with Crippen LogP contribution in [0.3, 0.4) is 0 Å². The Morgan fingerprint density at radius 1 is 1.48 bits per heavy atom. The summed E-state index contributed by atoms with van der Waals surface area (Å²) in [5.41, 5.74) is 5.53. The molecule has 21 heavy (non-hydrogen) atoms. The second kappa shape index (κ2) is 7.63. The van der Waals surface area contributed by atoms with Gasteiger partial charge in [0.05, 0.1) is 18.5 Å². The molecule has 1 unspecified atom stereocenters. The van der Waals surface area contributed by atoms with E-state index in [1.165, 1.54) is 37.1 Å². The maximum absolute atomic E-state index is 11.1. The lowest BCUT2D eigenvalue weighted by Gasteiger charge is -2.10. The van der Waals surface area contributed by atoms with E-state index in [4.69, 9.17) is 5.73 Å². The van der Waals surface area contributed by atoms with Gasteiger partial charge in [0.2, 0.25) is 5.91 Å². The number of hydrogen-bond acceptors (Lipinski definition) is 6. The van der Waals surface area contributed by atoms with Gasteiger partial charge in [-0.3, -0.25) is 19.7 Å². The smallest absolute Gasteiger partial charge is 0.306 e. The predicted octanol–water partition coefficient (Wildman–Crippen LogP) is 1.88. The average molecular weight is 312 g/mol. The molecule has 0 aliphatic rings. The zero-order valence-corrected chi connectivity index (χ0v) is 12.5. The molecule has 0 spiro atoms. The van der Waals surface area contributed by atoms with E-state index in [1.54, 1.807) is 0 Å². The third-order valence-corrected chi connectivity index (χ3v) is 3.99. The zero-order chi connectivity index (χ0) is 16.0. The molecule has 8 heteroatoms. The molecule has 0 heterocycles. The quantitative estimate of drug-likeness (QED) is 0.467. The highest BCUT2D eigenvalue weighted by Gasteiger charge is 2.18. The largest absolute Gasteiger partial charge is 0.469 e. The third-order valence-electron chi connectivity index (χ3n) is 2.77. The molecule has 114 valence electrons. The van der Waals surface area contributed by atoms with Crippen molar-refractivity contribution in [2.75, 3.05) is 7.11 Å². The molecule has 2 N–H and O–H groups in total. The summed E-state index contributed by atoms with van der Waals surface area (Å²) in [4.78, 5) is 32.7. The lowest BCUT2D eigenvalue weighted by molar-refractivity contribution is -0.385. The van der Waals surface area contributed by atoms with Crippen molar-refractivity contribution in [3.05, 3.63) is 39.4 Å². The maximum atomic E-state index is 11.1. The predicted molar refractivity (Wildman–Crippen MR) is 79.0 cm³/mol. The van der Waals surface area contributed by atoms with E-state index in [-0.39, 0.29) is 28.9 Å². The molecule has 0 aromatic heterocycles. The van der Waals surface area contributed by atoms with Gasteiger partial charge < -0.3 is 10.5 Å². The Labute approximate surface area is 126 Å². The molecule has 0 fully saturated rings. The van der Waals surface area contributed by atoms with Crippen LogP contribution in [0.2, 0.25) is 0 Å². The van der Waals surface area contributed by atoms with Crippen LogP contribution in [-0.4, -0.2) is 29.2 Å². The van der Waals surface area contributed by atoms with Crippen LogP contribution in [0.1, 0.15) is 29.3 Å². The number of rotatable bonds is 7.